The van der Waals surface area contributed by atoms with E-state index in [1.54, 1.807) is 0 Å². The quantitative estimate of drug-likeness (QED) is 0.842. The molecule has 114 valence electrons. The van der Waals surface area contributed by atoms with Crippen LogP contribution in [-0.2, 0) is 14.6 Å². The first-order valence-corrected chi connectivity index (χ1v) is 8.06. The van der Waals surface area contributed by atoms with Crippen LogP contribution in [0.5, 0.6) is 0 Å². The Balaban J connectivity index is 2.60. The van der Waals surface area contributed by atoms with E-state index in [1.807, 2.05) is 0 Å². The van der Waals surface area contributed by atoms with Gasteiger partial charge in [-0.3, -0.25) is 4.79 Å². The second kappa shape index (κ2) is 5.45. The summed E-state index contributed by atoms with van der Waals surface area (Å²) in [6.07, 6.45) is 0.911. The Morgan fingerprint density at radius 3 is 2.38 bits per heavy atom. The number of amides is 1. The lowest BCUT2D eigenvalue weighted by Crippen LogP contribution is -2.35. The molecule has 0 saturated carbocycles. The van der Waals surface area contributed by atoms with Crippen LogP contribution in [0.25, 0.3) is 0 Å². The third-order valence-electron chi connectivity index (χ3n) is 3.21. The van der Waals surface area contributed by atoms with Gasteiger partial charge in [-0.05, 0) is 17.7 Å². The highest BCUT2D eigenvalue weighted by Gasteiger charge is 2.44. The molecule has 1 amide bonds. The number of carbonyl (C=O) groups excluding carboxylic acids is 1. The van der Waals surface area contributed by atoms with Crippen molar-refractivity contribution in [2.24, 2.45) is 5.73 Å². The Bertz CT molecular complexity index is 697. The van der Waals surface area contributed by atoms with Crippen molar-refractivity contribution in [3.05, 3.63) is 46.3 Å². The number of hydrogen-bond acceptors (Lipinski definition) is 5. The highest BCUT2D eigenvalue weighted by atomic mass is 32.2. The lowest BCUT2D eigenvalue weighted by atomic mass is 10.1. The number of nitrogens with zero attached hydrogens (tertiary/aromatic N) is 1. The maximum atomic E-state index is 13.0. The molecule has 3 N–H and O–H groups in total. The highest BCUT2D eigenvalue weighted by Crippen LogP contribution is 2.39. The maximum Gasteiger partial charge on any atom is 0.290 e. The zero-order valence-electron chi connectivity index (χ0n) is 11.3. The Morgan fingerprint density at radius 2 is 1.90 bits per heavy atom. The minimum Gasteiger partial charge on any atom is -0.502 e. The van der Waals surface area contributed by atoms with Crippen molar-refractivity contribution in [2.75, 3.05) is 19.3 Å². The monoisotopic (exact) mass is 314 g/mol. The van der Waals surface area contributed by atoms with Crippen LogP contribution >= 0.6 is 0 Å². The fourth-order valence-corrected chi connectivity index (χ4v) is 3.46. The fraction of sp³-hybridized carbons (Fsp3) is 0.308. The average Bonchev–Trinajstić information content (AvgIpc) is 2.65. The smallest absolute Gasteiger partial charge is 0.290 e. The number of nitrogens with two attached hydrogens (primary N) is 1. The third-order valence-corrected chi connectivity index (χ3v) is 4.43. The molecule has 1 aromatic carbocycles. The summed E-state index contributed by atoms with van der Waals surface area (Å²) in [5, 5.41) is 9.87. The molecule has 21 heavy (non-hydrogen) atoms. The van der Waals surface area contributed by atoms with E-state index in [0.29, 0.717) is 5.56 Å². The van der Waals surface area contributed by atoms with Gasteiger partial charge in [-0.2, -0.15) is 0 Å². The standard InChI is InChI=1S/C13H15FN2O4S/c1-21(19,20)12-10(8-2-4-9(14)5-3-8)16(7-6-15)13(18)11(12)17/h2-5,10,17H,6-7,15H2,1H3. The van der Waals surface area contributed by atoms with Gasteiger partial charge >= 0.3 is 0 Å². The first kappa shape index (κ1) is 15.5. The number of halogens is 1. The van der Waals surface area contributed by atoms with Crippen molar-refractivity contribution in [3.8, 4) is 0 Å². The molecule has 1 heterocycles. The third kappa shape index (κ3) is 2.77. The van der Waals surface area contributed by atoms with Gasteiger partial charge in [-0.25, -0.2) is 12.8 Å². The van der Waals surface area contributed by atoms with E-state index in [1.165, 1.54) is 17.0 Å². The molecule has 2 rings (SSSR count). The van der Waals surface area contributed by atoms with Crippen LogP contribution < -0.4 is 5.73 Å². The molecular weight excluding hydrogens is 299 g/mol. The number of benzene rings is 1. The van der Waals surface area contributed by atoms with Gasteiger partial charge in [0.1, 0.15) is 10.7 Å². The van der Waals surface area contributed by atoms with E-state index in [2.05, 4.69) is 0 Å². The second-order valence-electron chi connectivity index (χ2n) is 4.73. The summed E-state index contributed by atoms with van der Waals surface area (Å²) < 4.78 is 36.8. The zero-order chi connectivity index (χ0) is 15.8. The molecule has 1 atom stereocenters. The normalized spacial score (nSPS) is 19.5. The van der Waals surface area contributed by atoms with Crippen LogP contribution in [-0.4, -0.2) is 43.7 Å². The van der Waals surface area contributed by atoms with Crippen molar-refractivity contribution in [3.63, 3.8) is 0 Å². The zero-order valence-corrected chi connectivity index (χ0v) is 12.1. The molecule has 0 fully saturated rings. The van der Waals surface area contributed by atoms with E-state index in [4.69, 9.17) is 5.73 Å². The van der Waals surface area contributed by atoms with E-state index >= 15 is 0 Å². The summed E-state index contributed by atoms with van der Waals surface area (Å²) in [5.41, 5.74) is 5.82. The molecule has 1 aliphatic heterocycles. The average molecular weight is 314 g/mol. The van der Waals surface area contributed by atoms with Crippen molar-refractivity contribution < 1.29 is 22.7 Å². The summed E-state index contributed by atoms with van der Waals surface area (Å²) in [7, 11) is -3.81. The fourth-order valence-electron chi connectivity index (χ4n) is 2.35. The van der Waals surface area contributed by atoms with E-state index in [0.717, 1.165) is 18.4 Å². The van der Waals surface area contributed by atoms with Crippen LogP contribution in [0.1, 0.15) is 11.6 Å². The molecule has 0 spiro atoms. The molecule has 8 heteroatoms. The Labute approximate surface area is 121 Å². The molecule has 0 bridgehead atoms. The minimum absolute atomic E-state index is 0.0734. The summed E-state index contributed by atoms with van der Waals surface area (Å²) in [6.45, 7) is 0.178. The number of aliphatic hydroxyl groups excluding tert-OH is 1. The predicted octanol–water partition coefficient (Wildman–Crippen LogP) is 0.482. The van der Waals surface area contributed by atoms with Gasteiger partial charge in [0, 0.05) is 19.3 Å². The minimum atomic E-state index is -3.81. The molecule has 0 aromatic heterocycles. The summed E-state index contributed by atoms with van der Waals surface area (Å²) in [5.74, 6) is -2.09. The number of carbonyl (C=O) groups is 1. The topological polar surface area (TPSA) is 101 Å². The van der Waals surface area contributed by atoms with Crippen molar-refractivity contribution in [1.82, 2.24) is 4.90 Å². The Morgan fingerprint density at radius 1 is 1.33 bits per heavy atom. The van der Waals surface area contributed by atoms with Gasteiger partial charge < -0.3 is 15.7 Å². The van der Waals surface area contributed by atoms with Gasteiger partial charge in [0.05, 0.1) is 6.04 Å². The molecule has 0 aliphatic carbocycles. The molecule has 0 radical (unpaired) electrons. The first-order chi connectivity index (χ1) is 9.77. The van der Waals surface area contributed by atoms with E-state index < -0.39 is 33.4 Å². The number of rotatable bonds is 4. The molecule has 6 nitrogen and oxygen atoms in total. The maximum absolute atomic E-state index is 13.0. The first-order valence-electron chi connectivity index (χ1n) is 6.17. The second-order valence-corrected chi connectivity index (χ2v) is 6.71. The summed E-state index contributed by atoms with van der Waals surface area (Å²) in [6, 6.07) is 4.09. The van der Waals surface area contributed by atoms with E-state index in [9.17, 15) is 22.7 Å². The Kier molecular flexibility index (Phi) is 4.02. The molecule has 1 unspecified atom stereocenters. The predicted molar refractivity (Wildman–Crippen MR) is 74.4 cm³/mol. The van der Waals surface area contributed by atoms with Gasteiger partial charge in [-0.1, -0.05) is 12.1 Å². The largest absolute Gasteiger partial charge is 0.502 e. The van der Waals surface area contributed by atoms with Crippen LogP contribution in [0.3, 0.4) is 0 Å². The van der Waals surface area contributed by atoms with Crippen molar-refractivity contribution in [2.45, 2.75) is 6.04 Å². The van der Waals surface area contributed by atoms with Gasteiger partial charge in [0.2, 0.25) is 0 Å². The molecule has 0 saturated heterocycles. The summed E-state index contributed by atoms with van der Waals surface area (Å²) >= 11 is 0. The van der Waals surface area contributed by atoms with Crippen molar-refractivity contribution in [1.29, 1.82) is 0 Å². The van der Waals surface area contributed by atoms with Crippen LogP contribution in [0.15, 0.2) is 34.9 Å². The lowest BCUT2D eigenvalue weighted by molar-refractivity contribution is -0.129. The van der Waals surface area contributed by atoms with E-state index in [-0.39, 0.29) is 18.0 Å². The van der Waals surface area contributed by atoms with Crippen LogP contribution in [0.4, 0.5) is 4.39 Å². The number of sulfone groups is 1. The van der Waals surface area contributed by atoms with Gasteiger partial charge in [0.25, 0.3) is 5.91 Å². The number of hydrogen-bond donors (Lipinski definition) is 2. The van der Waals surface area contributed by atoms with Crippen LogP contribution in [0, 0.1) is 5.82 Å². The highest BCUT2D eigenvalue weighted by molar-refractivity contribution is 7.94. The molecular formula is C13H15FN2O4S. The number of aliphatic hydroxyl groups is 1. The van der Waals surface area contributed by atoms with Gasteiger partial charge in [0.15, 0.2) is 15.6 Å². The molecule has 1 aromatic rings. The summed E-state index contributed by atoms with van der Waals surface area (Å²) in [4.78, 5) is 12.8. The SMILES string of the molecule is CS(=O)(=O)C1=C(O)C(=O)N(CCN)C1c1ccc(F)cc1. The molecule has 1 aliphatic rings. The Hall–Kier alpha value is -1.93. The van der Waals surface area contributed by atoms with Gasteiger partial charge in [-0.15, -0.1) is 0 Å². The van der Waals surface area contributed by atoms with Crippen LogP contribution in [0.2, 0.25) is 0 Å². The lowest BCUT2D eigenvalue weighted by Gasteiger charge is -2.26. The van der Waals surface area contributed by atoms with Crippen molar-refractivity contribution >= 4 is 15.7 Å².